The molecule has 1 fully saturated rings. The fourth-order valence-corrected chi connectivity index (χ4v) is 5.21. The van der Waals surface area contributed by atoms with E-state index in [1.54, 1.807) is 18.6 Å². The molecule has 35 heavy (non-hydrogen) atoms. The second-order valence-corrected chi connectivity index (χ2v) is 9.46. The molecule has 7 heteroatoms. The van der Waals surface area contributed by atoms with Crippen LogP contribution in [0.4, 0.5) is 5.69 Å². The van der Waals surface area contributed by atoms with Crippen LogP contribution >= 0.6 is 0 Å². The summed E-state index contributed by atoms with van der Waals surface area (Å²) in [5.41, 5.74) is 6.28. The highest BCUT2D eigenvalue weighted by Crippen LogP contribution is 2.34. The maximum Gasteiger partial charge on any atom is 0.253 e. The molecule has 0 saturated heterocycles. The van der Waals surface area contributed by atoms with Crippen LogP contribution in [0.15, 0.2) is 41.6 Å². The zero-order chi connectivity index (χ0) is 24.9. The lowest BCUT2D eigenvalue weighted by Crippen LogP contribution is -2.37. The number of pyridine rings is 1. The third-order valence-corrected chi connectivity index (χ3v) is 7.07. The van der Waals surface area contributed by atoms with Crippen molar-refractivity contribution in [2.75, 3.05) is 11.4 Å². The number of hydrogen-bond acceptors (Lipinski definition) is 5. The molecule has 0 spiro atoms. The summed E-state index contributed by atoms with van der Waals surface area (Å²) in [7, 11) is 0. The van der Waals surface area contributed by atoms with Crippen molar-refractivity contribution in [1.29, 1.82) is 0 Å². The predicted molar refractivity (Wildman–Crippen MR) is 140 cm³/mol. The highest BCUT2D eigenvalue weighted by Gasteiger charge is 2.25. The molecular weight excluding hydrogens is 438 g/mol. The van der Waals surface area contributed by atoms with Gasteiger partial charge in [0.15, 0.2) is 0 Å². The number of hydrogen-bond donors (Lipinski definition) is 2. The monoisotopic (exact) mass is 473 g/mol. The number of rotatable bonds is 7. The summed E-state index contributed by atoms with van der Waals surface area (Å²) in [4.78, 5) is 39.9. The number of H-pyrrole nitrogens is 1. The van der Waals surface area contributed by atoms with E-state index in [9.17, 15) is 9.59 Å². The zero-order valence-electron chi connectivity index (χ0n) is 21.1. The Kier molecular flexibility index (Phi) is 7.63. The summed E-state index contributed by atoms with van der Waals surface area (Å²) < 4.78 is 0. The molecule has 2 aromatic heterocycles. The van der Waals surface area contributed by atoms with E-state index in [0.717, 1.165) is 40.3 Å². The number of nitrogens with one attached hydrogen (secondary N) is 2. The smallest absolute Gasteiger partial charge is 0.253 e. The number of benzene rings is 1. The molecule has 1 amide bonds. The molecule has 1 aliphatic carbocycles. The molecule has 2 N–H and O–H groups in total. The van der Waals surface area contributed by atoms with Gasteiger partial charge < -0.3 is 15.2 Å². The lowest BCUT2D eigenvalue weighted by molar-refractivity contribution is 0.0950. The van der Waals surface area contributed by atoms with Gasteiger partial charge in [-0.3, -0.25) is 19.6 Å². The third kappa shape index (κ3) is 5.45. The lowest BCUT2D eigenvalue weighted by Gasteiger charge is -2.37. The van der Waals surface area contributed by atoms with Crippen LogP contribution in [0.2, 0.25) is 0 Å². The van der Waals surface area contributed by atoms with E-state index in [-0.39, 0.29) is 18.0 Å². The van der Waals surface area contributed by atoms with Crippen molar-refractivity contribution in [1.82, 2.24) is 20.3 Å². The second kappa shape index (κ2) is 10.8. The minimum absolute atomic E-state index is 0.164. The van der Waals surface area contributed by atoms with Gasteiger partial charge in [-0.05, 0) is 69.9 Å². The van der Waals surface area contributed by atoms with Crippen molar-refractivity contribution in [3.8, 4) is 11.3 Å². The van der Waals surface area contributed by atoms with Crippen LogP contribution in [0, 0.1) is 20.8 Å². The number of nitrogens with zero attached hydrogens (tertiary/aromatic N) is 3. The fraction of sp³-hybridized carbons (Fsp3) is 0.429. The Morgan fingerprint density at radius 1 is 1.11 bits per heavy atom. The lowest BCUT2D eigenvalue weighted by atomic mass is 9.92. The first-order valence-electron chi connectivity index (χ1n) is 12.5. The van der Waals surface area contributed by atoms with E-state index < -0.39 is 0 Å². The minimum Gasteiger partial charge on any atom is -0.369 e. The topological polar surface area (TPSA) is 91.0 Å². The quantitative estimate of drug-likeness (QED) is 0.512. The first kappa shape index (κ1) is 24.6. The van der Waals surface area contributed by atoms with Crippen molar-refractivity contribution < 1.29 is 4.79 Å². The van der Waals surface area contributed by atoms with Crippen LogP contribution in [0.5, 0.6) is 0 Å². The number of anilines is 1. The molecule has 1 saturated carbocycles. The normalized spacial score (nSPS) is 14.1. The van der Waals surface area contributed by atoms with Gasteiger partial charge in [0.25, 0.3) is 11.5 Å². The van der Waals surface area contributed by atoms with Crippen molar-refractivity contribution in [3.63, 3.8) is 0 Å². The van der Waals surface area contributed by atoms with Crippen LogP contribution in [0.25, 0.3) is 11.3 Å². The van der Waals surface area contributed by atoms with E-state index in [2.05, 4.69) is 38.2 Å². The molecule has 0 bridgehead atoms. The molecule has 7 nitrogen and oxygen atoms in total. The maximum atomic E-state index is 13.5. The van der Waals surface area contributed by atoms with Gasteiger partial charge >= 0.3 is 0 Å². The number of aromatic nitrogens is 3. The Morgan fingerprint density at radius 3 is 2.54 bits per heavy atom. The molecule has 0 aliphatic heterocycles. The summed E-state index contributed by atoms with van der Waals surface area (Å²) in [6.45, 7) is 8.98. The molecule has 1 aromatic carbocycles. The van der Waals surface area contributed by atoms with E-state index >= 15 is 0 Å². The Bertz CT molecular complexity index is 1250. The number of aryl methyl sites for hydroxylation is 2. The van der Waals surface area contributed by atoms with E-state index in [4.69, 9.17) is 0 Å². The highest BCUT2D eigenvalue weighted by atomic mass is 16.1. The standard InChI is InChI=1S/C28H35N5O2/c1-5-33(22-9-7-6-8-10-22)26-15-21(25-17-29-11-12-30-25)14-23(20(26)4)27(34)31-16-24-18(2)13-19(3)32-28(24)35/h11-15,17,22H,5-10,16H2,1-4H3,(H,31,34)(H,32,35). The van der Waals surface area contributed by atoms with Crippen LogP contribution in [-0.4, -0.2) is 33.4 Å². The van der Waals surface area contributed by atoms with Gasteiger partial charge in [-0.25, -0.2) is 0 Å². The van der Waals surface area contributed by atoms with Gasteiger partial charge in [0, 0.05) is 59.6 Å². The van der Waals surface area contributed by atoms with Gasteiger partial charge in [0.2, 0.25) is 0 Å². The Labute approximate surface area is 207 Å². The molecule has 1 aliphatic rings. The average molecular weight is 474 g/mol. The van der Waals surface area contributed by atoms with E-state index in [0.29, 0.717) is 17.2 Å². The third-order valence-electron chi connectivity index (χ3n) is 7.07. The van der Waals surface area contributed by atoms with Gasteiger partial charge in [-0.1, -0.05) is 19.3 Å². The number of carbonyl (C=O) groups is 1. The van der Waals surface area contributed by atoms with E-state index in [1.165, 1.54) is 32.1 Å². The van der Waals surface area contributed by atoms with Crippen molar-refractivity contribution >= 4 is 11.6 Å². The van der Waals surface area contributed by atoms with Crippen molar-refractivity contribution in [2.24, 2.45) is 0 Å². The molecule has 2 heterocycles. The second-order valence-electron chi connectivity index (χ2n) is 9.46. The SMILES string of the molecule is CCN(c1cc(-c2cnccn2)cc(C(=O)NCc2c(C)cc(C)[nH]c2=O)c1C)C1CCCCC1. The molecule has 4 rings (SSSR count). The summed E-state index contributed by atoms with van der Waals surface area (Å²) >= 11 is 0. The van der Waals surface area contributed by atoms with Crippen molar-refractivity contribution in [2.45, 2.75) is 72.4 Å². The first-order chi connectivity index (χ1) is 16.9. The predicted octanol–water partition coefficient (Wildman–Crippen LogP) is 4.85. The van der Waals surface area contributed by atoms with Gasteiger partial charge in [0.1, 0.15) is 0 Å². The molecule has 0 unspecified atom stereocenters. The largest absolute Gasteiger partial charge is 0.369 e. The Balaban J connectivity index is 1.72. The molecule has 3 aromatic rings. The Morgan fingerprint density at radius 2 is 1.89 bits per heavy atom. The molecular formula is C28H35N5O2. The van der Waals surface area contributed by atoms with Gasteiger partial charge in [-0.2, -0.15) is 0 Å². The summed E-state index contributed by atoms with van der Waals surface area (Å²) in [5.74, 6) is -0.200. The summed E-state index contributed by atoms with van der Waals surface area (Å²) in [6, 6.07) is 6.42. The fourth-order valence-electron chi connectivity index (χ4n) is 5.21. The molecule has 0 atom stereocenters. The first-order valence-corrected chi connectivity index (χ1v) is 12.5. The number of aromatic amines is 1. The minimum atomic E-state index is -0.200. The molecule has 0 radical (unpaired) electrons. The van der Waals surface area contributed by atoms with Crippen LogP contribution in [-0.2, 0) is 6.54 Å². The van der Waals surface area contributed by atoms with Gasteiger partial charge in [-0.15, -0.1) is 0 Å². The average Bonchev–Trinajstić information content (AvgIpc) is 2.86. The number of carbonyl (C=O) groups excluding carboxylic acids is 1. The maximum absolute atomic E-state index is 13.5. The van der Waals surface area contributed by atoms with Crippen molar-refractivity contribution in [3.05, 3.63) is 75.1 Å². The number of amides is 1. The highest BCUT2D eigenvalue weighted by molar-refractivity contribution is 5.98. The van der Waals surface area contributed by atoms with Gasteiger partial charge in [0.05, 0.1) is 11.9 Å². The van der Waals surface area contributed by atoms with E-state index in [1.807, 2.05) is 32.9 Å². The molecule has 184 valence electrons. The van der Waals surface area contributed by atoms with Crippen LogP contribution in [0.1, 0.15) is 71.8 Å². The zero-order valence-corrected chi connectivity index (χ0v) is 21.1. The summed E-state index contributed by atoms with van der Waals surface area (Å²) in [5, 5.41) is 2.99. The summed E-state index contributed by atoms with van der Waals surface area (Å²) in [6.07, 6.45) is 11.1. The van der Waals surface area contributed by atoms with Crippen LogP contribution in [0.3, 0.4) is 0 Å². The van der Waals surface area contributed by atoms with Crippen LogP contribution < -0.4 is 15.8 Å². The Hall–Kier alpha value is -3.48.